The minimum absolute atomic E-state index is 0.0357. The molecule has 1 N–H and O–H groups in total. The van der Waals surface area contributed by atoms with Gasteiger partial charge in [-0.05, 0) is 24.3 Å². The number of anilines is 1. The van der Waals surface area contributed by atoms with Gasteiger partial charge in [-0.1, -0.05) is 23.7 Å². The van der Waals surface area contributed by atoms with Crippen molar-refractivity contribution in [1.82, 2.24) is 4.98 Å². The molecule has 2 rings (SSSR count). The summed E-state index contributed by atoms with van der Waals surface area (Å²) in [6, 6.07) is 11.0. The molecule has 0 aliphatic carbocycles. The van der Waals surface area contributed by atoms with Crippen LogP contribution in [0.2, 0.25) is 5.02 Å². The normalized spacial score (nSPS) is 10.7. The molecule has 0 unspecified atom stereocenters. The first-order valence-corrected chi connectivity index (χ1v) is 7.02. The van der Waals surface area contributed by atoms with E-state index in [0.29, 0.717) is 5.02 Å². The maximum absolute atomic E-state index is 12.1. The molecule has 2 aromatic rings. The molecule has 0 radical (unpaired) electrons. The van der Waals surface area contributed by atoms with E-state index in [4.69, 9.17) is 16.9 Å². The molecule has 1 aromatic carbocycles. The van der Waals surface area contributed by atoms with E-state index in [1.807, 2.05) is 6.07 Å². The van der Waals surface area contributed by atoms with Gasteiger partial charge in [0.2, 0.25) is 0 Å². The molecule has 0 aliphatic heterocycles. The van der Waals surface area contributed by atoms with Crippen LogP contribution in [0.5, 0.6) is 0 Å². The molecule has 0 atom stereocenters. The molecule has 0 saturated heterocycles. The number of hydrogen-bond acceptors (Lipinski definition) is 4. The van der Waals surface area contributed by atoms with Gasteiger partial charge in [0.15, 0.2) is 0 Å². The van der Waals surface area contributed by atoms with Crippen LogP contribution in [0.3, 0.4) is 0 Å². The van der Waals surface area contributed by atoms with E-state index in [-0.39, 0.29) is 16.3 Å². The van der Waals surface area contributed by atoms with Gasteiger partial charge >= 0.3 is 0 Å². The van der Waals surface area contributed by atoms with E-state index < -0.39 is 10.0 Å². The summed E-state index contributed by atoms with van der Waals surface area (Å²) in [5.74, 6) is 0. The number of halogens is 1. The summed E-state index contributed by atoms with van der Waals surface area (Å²) >= 11 is 5.88. The van der Waals surface area contributed by atoms with E-state index in [2.05, 4.69) is 9.71 Å². The lowest BCUT2D eigenvalue weighted by Crippen LogP contribution is -2.13. The standard InChI is InChI=1S/C12H8ClN3O2S/c13-11-3-1-2-4-12(11)16-19(17,18)10-6-5-9(7-14)15-8-10/h1-6,8,16H. The van der Waals surface area contributed by atoms with Gasteiger partial charge in [0.05, 0.1) is 10.7 Å². The number of hydrogen-bond donors (Lipinski definition) is 1. The highest BCUT2D eigenvalue weighted by Gasteiger charge is 2.15. The Bertz CT molecular complexity index is 736. The fourth-order valence-electron chi connectivity index (χ4n) is 1.35. The second kappa shape index (κ2) is 5.26. The zero-order valence-electron chi connectivity index (χ0n) is 9.54. The predicted molar refractivity (Wildman–Crippen MR) is 71.2 cm³/mol. The Morgan fingerprint density at radius 2 is 1.95 bits per heavy atom. The molecule has 0 saturated carbocycles. The summed E-state index contributed by atoms with van der Waals surface area (Å²) in [7, 11) is -3.77. The molecule has 5 nitrogen and oxygen atoms in total. The third-order valence-corrected chi connectivity index (χ3v) is 3.96. The van der Waals surface area contributed by atoms with Crippen molar-refractivity contribution in [3.05, 3.63) is 53.3 Å². The molecule has 0 spiro atoms. The SMILES string of the molecule is N#Cc1ccc(S(=O)(=O)Nc2ccccc2Cl)cn1. The van der Waals surface area contributed by atoms with Crippen LogP contribution in [0, 0.1) is 11.3 Å². The Hall–Kier alpha value is -2.10. The van der Waals surface area contributed by atoms with Gasteiger partial charge < -0.3 is 0 Å². The molecular formula is C12H8ClN3O2S. The van der Waals surface area contributed by atoms with Crippen LogP contribution in [-0.4, -0.2) is 13.4 Å². The maximum atomic E-state index is 12.1. The Morgan fingerprint density at radius 1 is 1.21 bits per heavy atom. The average molecular weight is 294 g/mol. The second-order valence-corrected chi connectivity index (χ2v) is 5.67. The molecule has 1 heterocycles. The third kappa shape index (κ3) is 3.02. The van der Waals surface area contributed by atoms with Gasteiger partial charge in [0, 0.05) is 6.20 Å². The number of pyridine rings is 1. The van der Waals surface area contributed by atoms with Gasteiger partial charge in [0.1, 0.15) is 16.7 Å². The summed E-state index contributed by atoms with van der Waals surface area (Å²) in [4.78, 5) is 3.68. The van der Waals surface area contributed by atoms with Crippen LogP contribution < -0.4 is 4.72 Å². The lowest BCUT2D eigenvalue weighted by molar-refractivity contribution is 0.601. The summed E-state index contributed by atoms with van der Waals surface area (Å²) in [5.41, 5.74) is 0.435. The van der Waals surface area contributed by atoms with Crippen molar-refractivity contribution in [3.63, 3.8) is 0 Å². The molecule has 0 fully saturated rings. The number of rotatable bonds is 3. The van der Waals surface area contributed by atoms with E-state index in [1.54, 1.807) is 24.3 Å². The average Bonchev–Trinajstić information content (AvgIpc) is 2.41. The first kappa shape index (κ1) is 13.3. The van der Waals surface area contributed by atoms with Crippen molar-refractivity contribution in [1.29, 1.82) is 5.26 Å². The van der Waals surface area contributed by atoms with Crippen molar-refractivity contribution < 1.29 is 8.42 Å². The molecule has 96 valence electrons. The minimum atomic E-state index is -3.77. The number of sulfonamides is 1. The summed E-state index contributed by atoms with van der Waals surface area (Å²) in [6.07, 6.45) is 1.12. The fourth-order valence-corrected chi connectivity index (χ4v) is 2.62. The summed E-state index contributed by atoms with van der Waals surface area (Å²) < 4.78 is 26.5. The Labute approximate surface area is 115 Å². The van der Waals surface area contributed by atoms with Crippen LogP contribution in [0.15, 0.2) is 47.5 Å². The van der Waals surface area contributed by atoms with Gasteiger partial charge in [0.25, 0.3) is 10.0 Å². The van der Waals surface area contributed by atoms with E-state index in [1.165, 1.54) is 12.1 Å². The highest BCUT2D eigenvalue weighted by molar-refractivity contribution is 7.92. The molecular weight excluding hydrogens is 286 g/mol. The van der Waals surface area contributed by atoms with Crippen molar-refractivity contribution in [3.8, 4) is 6.07 Å². The Balaban J connectivity index is 2.33. The lowest BCUT2D eigenvalue weighted by atomic mass is 10.3. The summed E-state index contributed by atoms with van der Waals surface area (Å²) in [5, 5.41) is 8.91. The molecule has 0 amide bonds. The largest absolute Gasteiger partial charge is 0.278 e. The smallest absolute Gasteiger partial charge is 0.263 e. The second-order valence-electron chi connectivity index (χ2n) is 3.58. The van der Waals surface area contributed by atoms with E-state index >= 15 is 0 Å². The number of nitrogens with one attached hydrogen (secondary N) is 1. The maximum Gasteiger partial charge on any atom is 0.263 e. The zero-order valence-corrected chi connectivity index (χ0v) is 11.1. The van der Waals surface area contributed by atoms with Crippen molar-refractivity contribution >= 4 is 27.3 Å². The quantitative estimate of drug-likeness (QED) is 0.942. The zero-order chi connectivity index (χ0) is 13.9. The molecule has 7 heteroatoms. The minimum Gasteiger partial charge on any atom is -0.278 e. The first-order chi connectivity index (χ1) is 9.03. The molecule has 0 aliphatic rings. The van der Waals surface area contributed by atoms with Crippen LogP contribution in [0.25, 0.3) is 0 Å². The number of aromatic nitrogens is 1. The summed E-state index contributed by atoms with van der Waals surface area (Å²) in [6.45, 7) is 0. The molecule has 0 bridgehead atoms. The Morgan fingerprint density at radius 3 is 2.53 bits per heavy atom. The highest BCUT2D eigenvalue weighted by Crippen LogP contribution is 2.23. The van der Waals surface area contributed by atoms with Crippen molar-refractivity contribution in [2.24, 2.45) is 0 Å². The van der Waals surface area contributed by atoms with Crippen molar-refractivity contribution in [2.45, 2.75) is 4.90 Å². The van der Waals surface area contributed by atoms with Crippen LogP contribution >= 0.6 is 11.6 Å². The van der Waals surface area contributed by atoms with E-state index in [9.17, 15) is 8.42 Å². The predicted octanol–water partition coefficient (Wildman–Crippen LogP) is 2.41. The van der Waals surface area contributed by atoms with Crippen LogP contribution in [-0.2, 0) is 10.0 Å². The molecule has 19 heavy (non-hydrogen) atoms. The van der Waals surface area contributed by atoms with Crippen LogP contribution in [0.4, 0.5) is 5.69 Å². The van der Waals surface area contributed by atoms with Crippen molar-refractivity contribution in [2.75, 3.05) is 4.72 Å². The third-order valence-electron chi connectivity index (χ3n) is 2.28. The number of nitriles is 1. The fraction of sp³-hybridized carbons (Fsp3) is 0. The first-order valence-electron chi connectivity index (χ1n) is 5.16. The van der Waals surface area contributed by atoms with Gasteiger partial charge in [-0.25, -0.2) is 13.4 Å². The van der Waals surface area contributed by atoms with Gasteiger partial charge in [-0.3, -0.25) is 4.72 Å². The highest BCUT2D eigenvalue weighted by atomic mass is 35.5. The van der Waals surface area contributed by atoms with Gasteiger partial charge in [-0.15, -0.1) is 0 Å². The Kier molecular flexibility index (Phi) is 3.69. The number of benzene rings is 1. The van der Waals surface area contributed by atoms with E-state index in [0.717, 1.165) is 6.20 Å². The monoisotopic (exact) mass is 293 g/mol. The number of nitrogens with zero attached hydrogens (tertiary/aromatic N) is 2. The molecule has 1 aromatic heterocycles. The topological polar surface area (TPSA) is 82.8 Å². The van der Waals surface area contributed by atoms with Gasteiger partial charge in [-0.2, -0.15) is 5.26 Å². The number of para-hydroxylation sites is 1. The van der Waals surface area contributed by atoms with Crippen LogP contribution in [0.1, 0.15) is 5.69 Å². The lowest BCUT2D eigenvalue weighted by Gasteiger charge is -2.08.